The monoisotopic (exact) mass is 295 g/mol. The number of rotatable bonds is 13. The van der Waals surface area contributed by atoms with E-state index in [0.717, 1.165) is 24.5 Å². The van der Waals surface area contributed by atoms with E-state index in [2.05, 4.69) is 6.92 Å². The third-order valence-electron chi connectivity index (χ3n) is 3.14. The van der Waals surface area contributed by atoms with Crippen molar-refractivity contribution in [3.05, 3.63) is 24.3 Å². The molecule has 0 bridgehead atoms. The molecule has 0 aliphatic rings. The van der Waals surface area contributed by atoms with Crippen LogP contribution < -0.4 is 10.5 Å². The Kier molecular flexibility index (Phi) is 10.6. The minimum Gasteiger partial charge on any atom is -0.491 e. The molecule has 0 fully saturated rings. The first-order valence-corrected chi connectivity index (χ1v) is 7.96. The second kappa shape index (κ2) is 12.5. The smallest absolute Gasteiger partial charge is 0.119 e. The highest BCUT2D eigenvalue weighted by atomic mass is 16.5. The van der Waals surface area contributed by atoms with Crippen molar-refractivity contribution in [2.45, 2.75) is 39.0 Å². The maximum Gasteiger partial charge on any atom is 0.119 e. The summed E-state index contributed by atoms with van der Waals surface area (Å²) >= 11 is 0. The molecule has 0 aliphatic carbocycles. The van der Waals surface area contributed by atoms with Crippen LogP contribution in [0.3, 0.4) is 0 Å². The van der Waals surface area contributed by atoms with Crippen molar-refractivity contribution in [3.8, 4) is 5.75 Å². The first kappa shape index (κ1) is 17.8. The lowest BCUT2D eigenvalue weighted by molar-refractivity contribution is 0.0352. The summed E-state index contributed by atoms with van der Waals surface area (Å²) < 4.78 is 16.5. The topological polar surface area (TPSA) is 53.7 Å². The maximum atomic E-state index is 5.60. The molecule has 0 saturated carbocycles. The second-order valence-electron chi connectivity index (χ2n) is 5.06. The number of anilines is 1. The van der Waals surface area contributed by atoms with Gasteiger partial charge in [-0.1, -0.05) is 32.6 Å². The number of benzene rings is 1. The molecule has 1 rings (SSSR count). The van der Waals surface area contributed by atoms with Crippen LogP contribution in [-0.2, 0) is 9.47 Å². The van der Waals surface area contributed by atoms with E-state index >= 15 is 0 Å². The highest BCUT2D eigenvalue weighted by molar-refractivity contribution is 5.41. The number of hydrogen-bond donors (Lipinski definition) is 1. The predicted octanol–water partition coefficient (Wildman–Crippen LogP) is 3.65. The van der Waals surface area contributed by atoms with Gasteiger partial charge in [0.2, 0.25) is 0 Å². The molecule has 4 heteroatoms. The van der Waals surface area contributed by atoms with Crippen molar-refractivity contribution in [2.24, 2.45) is 0 Å². The number of nitrogen functional groups attached to an aromatic ring is 1. The fourth-order valence-electron chi connectivity index (χ4n) is 1.91. The molecule has 120 valence electrons. The summed E-state index contributed by atoms with van der Waals surface area (Å²) in [5.74, 6) is 0.816. The zero-order valence-corrected chi connectivity index (χ0v) is 13.2. The summed E-state index contributed by atoms with van der Waals surface area (Å²) in [6.07, 6.45) is 6.35. The largest absolute Gasteiger partial charge is 0.491 e. The quantitative estimate of drug-likeness (QED) is 0.446. The van der Waals surface area contributed by atoms with Crippen LogP contribution in [0.25, 0.3) is 0 Å². The molecule has 0 heterocycles. The average molecular weight is 295 g/mol. The van der Waals surface area contributed by atoms with E-state index in [1.807, 2.05) is 24.3 Å². The lowest BCUT2D eigenvalue weighted by Crippen LogP contribution is -2.11. The molecule has 1 aromatic carbocycles. The van der Waals surface area contributed by atoms with Crippen LogP contribution >= 0.6 is 0 Å². The summed E-state index contributed by atoms with van der Waals surface area (Å²) in [5, 5.41) is 0. The van der Waals surface area contributed by atoms with E-state index in [9.17, 15) is 0 Å². The van der Waals surface area contributed by atoms with Crippen LogP contribution in [0.4, 0.5) is 5.69 Å². The molecule has 0 aliphatic heterocycles. The molecule has 21 heavy (non-hydrogen) atoms. The normalized spacial score (nSPS) is 10.7. The van der Waals surface area contributed by atoms with Crippen LogP contribution in [0, 0.1) is 0 Å². The van der Waals surface area contributed by atoms with E-state index in [1.54, 1.807) is 0 Å². The van der Waals surface area contributed by atoms with Gasteiger partial charge in [0, 0.05) is 12.3 Å². The summed E-state index contributed by atoms with van der Waals surface area (Å²) in [4.78, 5) is 0. The van der Waals surface area contributed by atoms with Gasteiger partial charge in [-0.3, -0.25) is 0 Å². The summed E-state index contributed by atoms with van der Waals surface area (Å²) in [7, 11) is 0. The molecule has 0 aromatic heterocycles. The Morgan fingerprint density at radius 3 is 2.10 bits per heavy atom. The van der Waals surface area contributed by atoms with E-state index in [4.69, 9.17) is 19.9 Å². The second-order valence-corrected chi connectivity index (χ2v) is 5.06. The maximum absolute atomic E-state index is 5.60. The Balaban J connectivity index is 1.81. The van der Waals surface area contributed by atoms with Crippen molar-refractivity contribution >= 4 is 5.69 Å². The highest BCUT2D eigenvalue weighted by Gasteiger charge is 1.94. The van der Waals surface area contributed by atoms with Gasteiger partial charge in [-0.15, -0.1) is 0 Å². The number of nitrogens with two attached hydrogens (primary N) is 1. The third-order valence-corrected chi connectivity index (χ3v) is 3.14. The van der Waals surface area contributed by atoms with Crippen LogP contribution in [0.15, 0.2) is 24.3 Å². The van der Waals surface area contributed by atoms with Gasteiger partial charge in [-0.05, 0) is 30.7 Å². The molecule has 0 saturated heterocycles. The highest BCUT2D eigenvalue weighted by Crippen LogP contribution is 2.12. The molecule has 0 atom stereocenters. The summed E-state index contributed by atoms with van der Waals surface area (Å²) in [6, 6.07) is 7.36. The zero-order valence-electron chi connectivity index (χ0n) is 13.2. The van der Waals surface area contributed by atoms with Crippen LogP contribution in [0.2, 0.25) is 0 Å². The Labute approximate surface area is 128 Å². The first-order chi connectivity index (χ1) is 10.3. The fraction of sp³-hybridized carbons (Fsp3) is 0.647. The molecular weight excluding hydrogens is 266 g/mol. The minimum absolute atomic E-state index is 0.543. The van der Waals surface area contributed by atoms with Gasteiger partial charge in [0.05, 0.1) is 19.8 Å². The van der Waals surface area contributed by atoms with Gasteiger partial charge in [-0.2, -0.15) is 0 Å². The minimum atomic E-state index is 0.543. The van der Waals surface area contributed by atoms with Gasteiger partial charge in [0.1, 0.15) is 12.4 Å². The molecule has 0 spiro atoms. The SMILES string of the molecule is CCCCCCCOCCOCCOc1ccc(N)cc1. The van der Waals surface area contributed by atoms with Crippen molar-refractivity contribution in [3.63, 3.8) is 0 Å². The average Bonchev–Trinajstić information content (AvgIpc) is 2.50. The first-order valence-electron chi connectivity index (χ1n) is 7.96. The Morgan fingerprint density at radius 2 is 1.38 bits per heavy atom. The van der Waals surface area contributed by atoms with Crippen LogP contribution in [0.5, 0.6) is 5.75 Å². The molecule has 4 nitrogen and oxygen atoms in total. The number of hydrogen-bond acceptors (Lipinski definition) is 4. The van der Waals surface area contributed by atoms with Crippen LogP contribution in [0.1, 0.15) is 39.0 Å². The van der Waals surface area contributed by atoms with E-state index in [0.29, 0.717) is 26.4 Å². The van der Waals surface area contributed by atoms with Gasteiger partial charge < -0.3 is 19.9 Å². The number of unbranched alkanes of at least 4 members (excludes halogenated alkanes) is 4. The Bertz CT molecular complexity index is 340. The third kappa shape index (κ3) is 10.2. The predicted molar refractivity (Wildman–Crippen MR) is 86.7 cm³/mol. The lowest BCUT2D eigenvalue weighted by atomic mass is 10.2. The standard InChI is InChI=1S/C17H29NO3/c1-2-3-4-5-6-11-19-12-13-20-14-15-21-17-9-7-16(18)8-10-17/h7-10H,2-6,11-15,18H2,1H3. The summed E-state index contributed by atoms with van der Waals surface area (Å²) in [5.41, 5.74) is 6.34. The Morgan fingerprint density at radius 1 is 0.762 bits per heavy atom. The van der Waals surface area contributed by atoms with Gasteiger partial charge in [0.15, 0.2) is 0 Å². The lowest BCUT2D eigenvalue weighted by Gasteiger charge is -2.08. The van der Waals surface area contributed by atoms with E-state index in [-0.39, 0.29) is 0 Å². The molecule has 2 N–H and O–H groups in total. The molecule has 1 aromatic rings. The van der Waals surface area contributed by atoms with Crippen LogP contribution in [-0.4, -0.2) is 33.0 Å². The van der Waals surface area contributed by atoms with E-state index < -0.39 is 0 Å². The zero-order chi connectivity index (χ0) is 15.2. The van der Waals surface area contributed by atoms with Crippen molar-refractivity contribution in [1.29, 1.82) is 0 Å². The molecule has 0 amide bonds. The van der Waals surface area contributed by atoms with Crippen molar-refractivity contribution in [1.82, 2.24) is 0 Å². The van der Waals surface area contributed by atoms with Gasteiger partial charge in [-0.25, -0.2) is 0 Å². The number of ether oxygens (including phenoxy) is 3. The molecular formula is C17H29NO3. The van der Waals surface area contributed by atoms with Crippen molar-refractivity contribution in [2.75, 3.05) is 38.8 Å². The van der Waals surface area contributed by atoms with Gasteiger partial charge >= 0.3 is 0 Å². The Hall–Kier alpha value is -1.26. The molecule has 0 unspecified atom stereocenters. The van der Waals surface area contributed by atoms with Crippen molar-refractivity contribution < 1.29 is 14.2 Å². The van der Waals surface area contributed by atoms with Gasteiger partial charge in [0.25, 0.3) is 0 Å². The fourth-order valence-corrected chi connectivity index (χ4v) is 1.91. The molecule has 0 radical (unpaired) electrons. The van der Waals surface area contributed by atoms with E-state index in [1.165, 1.54) is 25.7 Å². The summed E-state index contributed by atoms with van der Waals surface area (Å²) in [6.45, 7) is 5.47.